The van der Waals surface area contributed by atoms with E-state index >= 15 is 0 Å². The number of benzene rings is 1. The van der Waals surface area contributed by atoms with Crippen molar-refractivity contribution in [2.24, 2.45) is 0 Å². The minimum Gasteiger partial charge on any atom is -0.482 e. The van der Waals surface area contributed by atoms with E-state index in [-0.39, 0.29) is 6.61 Å². The van der Waals surface area contributed by atoms with Crippen molar-refractivity contribution in [2.75, 3.05) is 13.2 Å². The van der Waals surface area contributed by atoms with Crippen LogP contribution in [0.3, 0.4) is 0 Å². The minimum atomic E-state index is -1.05. The number of ether oxygens (including phenoxy) is 2. The molecule has 2 aromatic rings. The molecule has 0 saturated heterocycles. The molecule has 1 heterocycles. The lowest BCUT2D eigenvalue weighted by atomic mass is 10.1. The van der Waals surface area contributed by atoms with E-state index in [9.17, 15) is 9.59 Å². The lowest BCUT2D eigenvalue weighted by Crippen LogP contribution is -2.22. The summed E-state index contributed by atoms with van der Waals surface area (Å²) in [4.78, 5) is 27.8. The van der Waals surface area contributed by atoms with E-state index in [1.165, 1.54) is 11.3 Å². The van der Waals surface area contributed by atoms with E-state index in [0.29, 0.717) is 16.3 Å². The first kappa shape index (κ1) is 18.1. The van der Waals surface area contributed by atoms with Gasteiger partial charge in [0.05, 0.1) is 17.7 Å². The predicted octanol–water partition coefficient (Wildman–Crippen LogP) is 2.12. The van der Waals surface area contributed by atoms with Gasteiger partial charge in [0.2, 0.25) is 0 Å². The smallest absolute Gasteiger partial charge is 0.344 e. The van der Waals surface area contributed by atoms with Crippen LogP contribution in [0.5, 0.6) is 5.75 Å². The van der Waals surface area contributed by atoms with Crippen molar-refractivity contribution in [1.29, 1.82) is 10.5 Å². The molecule has 0 radical (unpaired) electrons. The van der Waals surface area contributed by atoms with Gasteiger partial charge in [-0.05, 0) is 31.2 Å². The zero-order valence-electron chi connectivity index (χ0n) is 13.3. The second kappa shape index (κ2) is 8.57. The van der Waals surface area contributed by atoms with Crippen LogP contribution >= 0.6 is 11.3 Å². The molecule has 25 heavy (non-hydrogen) atoms. The van der Waals surface area contributed by atoms with Gasteiger partial charge >= 0.3 is 5.97 Å². The van der Waals surface area contributed by atoms with Crippen LogP contribution in [0.1, 0.15) is 22.2 Å². The SMILES string of the molecule is Cc1csc([C@H](C#N)C(=O)COC(=O)COc2ccc(C#N)cc2)n1. The number of aryl methyl sites for hydroxylation is 1. The molecule has 7 nitrogen and oxygen atoms in total. The first-order valence-electron chi connectivity index (χ1n) is 7.16. The number of ketones is 1. The molecule has 0 aliphatic rings. The molecule has 0 amide bonds. The van der Waals surface area contributed by atoms with Crippen molar-refractivity contribution in [1.82, 2.24) is 4.98 Å². The zero-order valence-corrected chi connectivity index (χ0v) is 14.1. The maximum absolute atomic E-state index is 12.0. The summed E-state index contributed by atoms with van der Waals surface area (Å²) in [5.74, 6) is -1.92. The Bertz CT molecular complexity index is 846. The third-order valence-electron chi connectivity index (χ3n) is 3.05. The summed E-state index contributed by atoms with van der Waals surface area (Å²) < 4.78 is 10.0. The number of thiazole rings is 1. The summed E-state index contributed by atoms with van der Waals surface area (Å²) in [5, 5.41) is 19.9. The number of carbonyl (C=O) groups is 2. The quantitative estimate of drug-likeness (QED) is 0.699. The molecule has 0 N–H and O–H groups in total. The van der Waals surface area contributed by atoms with Crippen molar-refractivity contribution in [2.45, 2.75) is 12.8 Å². The van der Waals surface area contributed by atoms with Gasteiger partial charge < -0.3 is 9.47 Å². The Morgan fingerprint density at radius 3 is 2.52 bits per heavy atom. The number of rotatable bonds is 7. The monoisotopic (exact) mass is 355 g/mol. The largest absolute Gasteiger partial charge is 0.482 e. The number of hydrogen-bond acceptors (Lipinski definition) is 8. The van der Waals surface area contributed by atoms with Gasteiger partial charge in [-0.1, -0.05) is 0 Å². The molecule has 0 fully saturated rings. The molecule has 0 aliphatic heterocycles. The summed E-state index contributed by atoms with van der Waals surface area (Å²) in [6, 6.07) is 10.0. The van der Waals surface area contributed by atoms with Crippen molar-refractivity contribution in [3.05, 3.63) is 45.9 Å². The van der Waals surface area contributed by atoms with Gasteiger partial charge in [-0.25, -0.2) is 9.78 Å². The normalized spacial score (nSPS) is 11.0. The Hall–Kier alpha value is -3.23. The maximum Gasteiger partial charge on any atom is 0.344 e. The number of esters is 1. The third-order valence-corrected chi connectivity index (χ3v) is 4.08. The molecule has 1 aromatic carbocycles. The molecule has 0 aliphatic carbocycles. The van der Waals surface area contributed by atoms with Gasteiger partial charge in [-0.15, -0.1) is 11.3 Å². The summed E-state index contributed by atoms with van der Waals surface area (Å²) in [7, 11) is 0. The highest BCUT2D eigenvalue weighted by Gasteiger charge is 2.24. The highest BCUT2D eigenvalue weighted by Crippen LogP contribution is 2.20. The predicted molar refractivity (Wildman–Crippen MR) is 87.8 cm³/mol. The van der Waals surface area contributed by atoms with Gasteiger partial charge in [0.15, 0.2) is 24.9 Å². The lowest BCUT2D eigenvalue weighted by molar-refractivity contribution is -0.150. The van der Waals surface area contributed by atoms with E-state index < -0.39 is 24.3 Å². The molecule has 1 atom stereocenters. The average molecular weight is 355 g/mol. The third kappa shape index (κ3) is 5.13. The molecule has 2 rings (SSSR count). The second-order valence-corrected chi connectivity index (χ2v) is 5.83. The molecular weight excluding hydrogens is 342 g/mol. The number of carbonyl (C=O) groups excluding carboxylic acids is 2. The molecule has 0 saturated carbocycles. The minimum absolute atomic E-state index is 0.382. The van der Waals surface area contributed by atoms with E-state index in [0.717, 1.165) is 5.69 Å². The molecule has 0 unspecified atom stereocenters. The summed E-state index contributed by atoms with van der Waals surface area (Å²) in [6.45, 7) is 0.860. The summed E-state index contributed by atoms with van der Waals surface area (Å²) in [6.07, 6.45) is 0. The fourth-order valence-corrected chi connectivity index (χ4v) is 2.68. The second-order valence-electron chi connectivity index (χ2n) is 4.94. The van der Waals surface area contributed by atoms with Crippen LogP contribution < -0.4 is 4.74 Å². The maximum atomic E-state index is 12.0. The number of Topliss-reactive ketones (excluding diaryl/α,β-unsaturated/α-hetero) is 1. The summed E-state index contributed by atoms with van der Waals surface area (Å²) >= 11 is 1.21. The van der Waals surface area contributed by atoms with Crippen molar-refractivity contribution in [3.8, 4) is 17.9 Å². The molecule has 0 bridgehead atoms. The van der Waals surface area contributed by atoms with Crippen LogP contribution in [0.25, 0.3) is 0 Å². The van der Waals surface area contributed by atoms with E-state index in [1.807, 2.05) is 12.1 Å². The molecular formula is C17H13N3O4S. The highest BCUT2D eigenvalue weighted by molar-refractivity contribution is 7.09. The van der Waals surface area contributed by atoms with Gasteiger partial charge in [0.25, 0.3) is 0 Å². The fraction of sp³-hybridized carbons (Fsp3) is 0.235. The van der Waals surface area contributed by atoms with Crippen LogP contribution in [0, 0.1) is 29.6 Å². The number of nitrogens with zero attached hydrogens (tertiary/aromatic N) is 3. The molecule has 0 spiro atoms. The van der Waals surface area contributed by atoms with Crippen LogP contribution in [-0.4, -0.2) is 30.0 Å². The van der Waals surface area contributed by atoms with Crippen LogP contribution in [0.4, 0.5) is 0 Å². The molecule has 8 heteroatoms. The lowest BCUT2D eigenvalue weighted by Gasteiger charge is -2.08. The Labute approximate surface area is 148 Å². The Balaban J connectivity index is 1.81. The number of hydrogen-bond donors (Lipinski definition) is 0. The number of nitriles is 2. The van der Waals surface area contributed by atoms with E-state index in [4.69, 9.17) is 20.0 Å². The van der Waals surface area contributed by atoms with Gasteiger partial charge in [-0.2, -0.15) is 10.5 Å². The van der Waals surface area contributed by atoms with Gasteiger partial charge in [0, 0.05) is 11.1 Å². The first-order chi connectivity index (χ1) is 12.0. The standard InChI is InChI=1S/C17H13N3O4S/c1-11-10-25-17(20-11)14(7-19)15(21)8-24-16(22)9-23-13-4-2-12(6-18)3-5-13/h2-5,10,14H,8-9H2,1H3/t14-/m1/s1. The fourth-order valence-electron chi connectivity index (χ4n) is 1.81. The Kier molecular flexibility index (Phi) is 6.21. The Morgan fingerprint density at radius 1 is 1.24 bits per heavy atom. The topological polar surface area (TPSA) is 113 Å². The molecule has 1 aromatic heterocycles. The van der Waals surface area contributed by atoms with E-state index in [2.05, 4.69) is 4.98 Å². The molecule has 126 valence electrons. The van der Waals surface area contributed by atoms with E-state index in [1.54, 1.807) is 36.6 Å². The summed E-state index contributed by atoms with van der Waals surface area (Å²) in [5.41, 5.74) is 1.20. The van der Waals surface area contributed by atoms with Gasteiger partial charge in [-0.3, -0.25) is 4.79 Å². The van der Waals surface area contributed by atoms with Crippen LogP contribution in [-0.2, 0) is 14.3 Å². The van der Waals surface area contributed by atoms with Crippen LogP contribution in [0.2, 0.25) is 0 Å². The van der Waals surface area contributed by atoms with Crippen LogP contribution in [0.15, 0.2) is 29.6 Å². The Morgan fingerprint density at radius 2 is 1.96 bits per heavy atom. The van der Waals surface area contributed by atoms with Crippen molar-refractivity contribution < 1.29 is 19.1 Å². The van der Waals surface area contributed by atoms with Gasteiger partial charge in [0.1, 0.15) is 10.8 Å². The first-order valence-corrected chi connectivity index (χ1v) is 8.04. The highest BCUT2D eigenvalue weighted by atomic mass is 32.1. The van der Waals surface area contributed by atoms with Crippen molar-refractivity contribution in [3.63, 3.8) is 0 Å². The van der Waals surface area contributed by atoms with Crippen molar-refractivity contribution >= 4 is 23.1 Å². The zero-order chi connectivity index (χ0) is 18.2. The average Bonchev–Trinajstić information content (AvgIpc) is 3.05. The number of aromatic nitrogens is 1.